The lowest BCUT2D eigenvalue weighted by atomic mass is 9.87. The summed E-state index contributed by atoms with van der Waals surface area (Å²) in [5.74, 6) is 0.584. The molecule has 0 unspecified atom stereocenters. The molecule has 4 aromatic rings. The first-order valence-corrected chi connectivity index (χ1v) is 9.72. The fourth-order valence-corrected chi connectivity index (χ4v) is 3.80. The van der Waals surface area contributed by atoms with Crippen LogP contribution in [0.25, 0.3) is 22.4 Å². The van der Waals surface area contributed by atoms with E-state index in [0.29, 0.717) is 15.3 Å². The van der Waals surface area contributed by atoms with Crippen LogP contribution in [0.3, 0.4) is 0 Å². The van der Waals surface area contributed by atoms with E-state index in [-0.39, 0.29) is 11.0 Å². The highest BCUT2D eigenvalue weighted by molar-refractivity contribution is 7.15. The number of aromatic nitrogens is 3. The Morgan fingerprint density at radius 3 is 2.26 bits per heavy atom. The van der Waals surface area contributed by atoms with Gasteiger partial charge in [-0.15, -0.1) is 5.10 Å². The lowest BCUT2D eigenvalue weighted by Gasteiger charge is -2.18. The van der Waals surface area contributed by atoms with Crippen LogP contribution in [-0.4, -0.2) is 14.6 Å². The molecule has 0 fully saturated rings. The average molecular weight is 375 g/mol. The molecule has 2 heterocycles. The van der Waals surface area contributed by atoms with Crippen LogP contribution >= 0.6 is 11.3 Å². The number of benzene rings is 2. The maximum atomic E-state index is 12.7. The van der Waals surface area contributed by atoms with Gasteiger partial charge in [0.1, 0.15) is 0 Å². The summed E-state index contributed by atoms with van der Waals surface area (Å²) in [5.41, 5.74) is 4.35. The van der Waals surface area contributed by atoms with Gasteiger partial charge in [-0.1, -0.05) is 86.2 Å². The second-order valence-electron chi connectivity index (χ2n) is 7.78. The molecule has 0 amide bonds. The molecule has 0 aliphatic heterocycles. The van der Waals surface area contributed by atoms with Gasteiger partial charge in [-0.3, -0.25) is 4.79 Å². The van der Waals surface area contributed by atoms with Crippen LogP contribution in [-0.2, 0) is 5.41 Å². The van der Waals surface area contributed by atoms with Gasteiger partial charge in [0.2, 0.25) is 4.96 Å². The topological polar surface area (TPSA) is 47.3 Å². The van der Waals surface area contributed by atoms with E-state index in [1.165, 1.54) is 27.0 Å². The summed E-state index contributed by atoms with van der Waals surface area (Å²) < 4.78 is 2.04. The molecule has 27 heavy (non-hydrogen) atoms. The molecule has 0 saturated carbocycles. The van der Waals surface area contributed by atoms with Crippen molar-refractivity contribution in [3.63, 3.8) is 0 Å². The van der Waals surface area contributed by atoms with Gasteiger partial charge in [0.05, 0.1) is 4.53 Å². The zero-order valence-corrected chi connectivity index (χ0v) is 16.7. The fraction of sp³-hybridized carbons (Fsp3) is 0.227. The standard InChI is InChI=1S/C22H21N3OS/c1-14-5-7-15(8-6-14)13-18-20(26)25-21(27-18)23-19(24-25)16-9-11-17(12-10-16)22(2,3)4/h5-13H,1-4H3/b18-13-. The Balaban J connectivity index is 1.72. The Labute approximate surface area is 161 Å². The number of fused-ring (bicyclic) bond motifs is 1. The van der Waals surface area contributed by atoms with Gasteiger partial charge in [0.15, 0.2) is 5.82 Å². The Morgan fingerprint density at radius 1 is 1.00 bits per heavy atom. The molecule has 2 aromatic heterocycles. The van der Waals surface area contributed by atoms with Crippen molar-refractivity contribution in [3.8, 4) is 11.4 Å². The monoisotopic (exact) mass is 375 g/mol. The van der Waals surface area contributed by atoms with Crippen LogP contribution in [0, 0.1) is 6.92 Å². The van der Waals surface area contributed by atoms with Crippen LogP contribution in [0.5, 0.6) is 0 Å². The second-order valence-corrected chi connectivity index (χ2v) is 8.79. The van der Waals surface area contributed by atoms with Crippen LogP contribution in [0.1, 0.15) is 37.5 Å². The Kier molecular flexibility index (Phi) is 4.19. The van der Waals surface area contributed by atoms with E-state index < -0.39 is 0 Å². The van der Waals surface area contributed by atoms with Crippen molar-refractivity contribution in [2.75, 3.05) is 0 Å². The highest BCUT2D eigenvalue weighted by Crippen LogP contribution is 2.25. The predicted molar refractivity (Wildman–Crippen MR) is 111 cm³/mol. The molecule has 0 aliphatic carbocycles. The highest BCUT2D eigenvalue weighted by atomic mass is 32.1. The average Bonchev–Trinajstić information content (AvgIpc) is 3.16. The number of aryl methyl sites for hydroxylation is 1. The quantitative estimate of drug-likeness (QED) is 0.533. The van der Waals surface area contributed by atoms with Crippen LogP contribution in [0.4, 0.5) is 0 Å². The largest absolute Gasteiger partial charge is 0.291 e. The van der Waals surface area contributed by atoms with Gasteiger partial charge in [0, 0.05) is 5.56 Å². The summed E-state index contributed by atoms with van der Waals surface area (Å²) in [5, 5.41) is 4.43. The number of rotatable bonds is 2. The zero-order chi connectivity index (χ0) is 19.2. The van der Waals surface area contributed by atoms with Crippen molar-refractivity contribution < 1.29 is 0 Å². The Morgan fingerprint density at radius 2 is 1.67 bits per heavy atom. The predicted octanol–water partition coefficient (Wildman–Crippen LogP) is 3.97. The minimum absolute atomic E-state index is 0.101. The van der Waals surface area contributed by atoms with Gasteiger partial charge in [0.25, 0.3) is 5.56 Å². The molecule has 5 heteroatoms. The van der Waals surface area contributed by atoms with E-state index in [1.54, 1.807) is 0 Å². The van der Waals surface area contributed by atoms with E-state index in [0.717, 1.165) is 11.1 Å². The van der Waals surface area contributed by atoms with Gasteiger partial charge in [-0.05, 0) is 29.5 Å². The first kappa shape index (κ1) is 17.6. The Bertz CT molecular complexity index is 1210. The summed E-state index contributed by atoms with van der Waals surface area (Å²) in [4.78, 5) is 17.9. The first-order chi connectivity index (χ1) is 12.8. The van der Waals surface area contributed by atoms with E-state index in [2.05, 4.69) is 43.0 Å². The highest BCUT2D eigenvalue weighted by Gasteiger charge is 2.15. The van der Waals surface area contributed by atoms with Gasteiger partial charge < -0.3 is 0 Å². The van der Waals surface area contributed by atoms with E-state index in [9.17, 15) is 4.79 Å². The van der Waals surface area contributed by atoms with E-state index in [4.69, 9.17) is 0 Å². The van der Waals surface area contributed by atoms with Crippen molar-refractivity contribution in [1.82, 2.24) is 14.6 Å². The lowest BCUT2D eigenvalue weighted by molar-refractivity contribution is 0.590. The van der Waals surface area contributed by atoms with Crippen molar-refractivity contribution in [1.29, 1.82) is 0 Å². The third kappa shape index (κ3) is 3.43. The SMILES string of the molecule is Cc1ccc(/C=c2\sc3nc(-c4ccc(C(C)(C)C)cc4)nn3c2=O)cc1. The molecule has 4 nitrogen and oxygen atoms in total. The molecular formula is C22H21N3OS. The first-order valence-electron chi connectivity index (χ1n) is 8.90. The number of hydrogen-bond donors (Lipinski definition) is 0. The Hall–Kier alpha value is -2.79. The van der Waals surface area contributed by atoms with Crippen molar-refractivity contribution in [2.24, 2.45) is 0 Å². The summed E-state index contributed by atoms with van der Waals surface area (Å²) in [6.07, 6.45) is 1.89. The molecule has 136 valence electrons. The summed E-state index contributed by atoms with van der Waals surface area (Å²) in [7, 11) is 0. The van der Waals surface area contributed by atoms with Crippen molar-refractivity contribution in [2.45, 2.75) is 33.1 Å². The van der Waals surface area contributed by atoms with E-state index in [1.807, 2.05) is 49.4 Å². The van der Waals surface area contributed by atoms with Crippen LogP contribution in [0.15, 0.2) is 53.3 Å². The molecule has 4 rings (SSSR count). The minimum atomic E-state index is -0.124. The van der Waals surface area contributed by atoms with Crippen molar-refractivity contribution in [3.05, 3.63) is 80.1 Å². The molecule has 0 N–H and O–H groups in total. The number of nitrogens with zero attached hydrogens (tertiary/aromatic N) is 3. The fourth-order valence-electron chi connectivity index (χ4n) is 2.89. The molecular weight excluding hydrogens is 354 g/mol. The normalized spacial score (nSPS) is 12.8. The lowest BCUT2D eigenvalue weighted by Crippen LogP contribution is -2.23. The zero-order valence-electron chi connectivity index (χ0n) is 15.9. The summed E-state index contributed by atoms with van der Waals surface area (Å²) >= 11 is 1.37. The molecule has 0 radical (unpaired) electrons. The number of thiazole rings is 1. The maximum Gasteiger partial charge on any atom is 0.291 e. The molecule has 2 aromatic carbocycles. The molecule has 0 atom stereocenters. The summed E-state index contributed by atoms with van der Waals surface area (Å²) in [6.45, 7) is 8.59. The number of hydrogen-bond acceptors (Lipinski definition) is 4. The van der Waals surface area contributed by atoms with Gasteiger partial charge in [-0.2, -0.15) is 9.50 Å². The summed E-state index contributed by atoms with van der Waals surface area (Å²) in [6, 6.07) is 16.3. The second kappa shape index (κ2) is 6.43. The van der Waals surface area contributed by atoms with Crippen molar-refractivity contribution >= 4 is 22.4 Å². The van der Waals surface area contributed by atoms with E-state index >= 15 is 0 Å². The molecule has 0 saturated heterocycles. The minimum Gasteiger partial charge on any atom is -0.266 e. The smallest absolute Gasteiger partial charge is 0.266 e. The third-order valence-electron chi connectivity index (χ3n) is 4.57. The van der Waals surface area contributed by atoms with Gasteiger partial charge in [-0.25, -0.2) is 0 Å². The van der Waals surface area contributed by atoms with Crippen LogP contribution < -0.4 is 10.1 Å². The molecule has 0 aliphatic rings. The molecule has 0 spiro atoms. The van der Waals surface area contributed by atoms with Crippen LogP contribution in [0.2, 0.25) is 0 Å². The third-order valence-corrected chi connectivity index (χ3v) is 5.53. The maximum absolute atomic E-state index is 12.7. The molecule has 0 bridgehead atoms. The van der Waals surface area contributed by atoms with Gasteiger partial charge >= 0.3 is 0 Å².